The van der Waals surface area contributed by atoms with Gasteiger partial charge in [0.2, 0.25) is 5.28 Å². The lowest BCUT2D eigenvalue weighted by atomic mass is 10.1. The minimum absolute atomic E-state index is 0.102. The number of aromatic nitrogens is 2. The summed E-state index contributed by atoms with van der Waals surface area (Å²) in [4.78, 5) is 9.84. The van der Waals surface area contributed by atoms with E-state index >= 15 is 0 Å². The van der Waals surface area contributed by atoms with Crippen molar-refractivity contribution in [3.05, 3.63) is 59.4 Å². The third kappa shape index (κ3) is 3.07. The molecule has 0 radical (unpaired) electrons. The van der Waals surface area contributed by atoms with Crippen molar-refractivity contribution in [2.24, 2.45) is 0 Å². The molecule has 0 saturated heterocycles. The average molecular weight is 338 g/mol. The molecule has 118 valence electrons. The summed E-state index contributed by atoms with van der Waals surface area (Å²) in [5, 5.41) is 0.392. The van der Waals surface area contributed by atoms with Crippen molar-refractivity contribution in [2.45, 2.75) is 6.18 Å². The van der Waals surface area contributed by atoms with Crippen LogP contribution < -0.4 is 4.90 Å². The van der Waals surface area contributed by atoms with Crippen LogP contribution in [0.5, 0.6) is 0 Å². The van der Waals surface area contributed by atoms with Gasteiger partial charge in [-0.15, -0.1) is 0 Å². The molecule has 1 aromatic heterocycles. The predicted molar refractivity (Wildman–Crippen MR) is 84.1 cm³/mol. The smallest absolute Gasteiger partial charge is 0.329 e. The number of anilines is 2. The first-order valence-electron chi connectivity index (χ1n) is 6.69. The number of rotatable bonds is 2. The van der Waals surface area contributed by atoms with Gasteiger partial charge in [0.05, 0.1) is 11.1 Å². The average Bonchev–Trinajstić information content (AvgIpc) is 2.52. The Kier molecular flexibility index (Phi) is 3.85. The van der Waals surface area contributed by atoms with Gasteiger partial charge in [0, 0.05) is 18.1 Å². The number of alkyl halides is 3. The van der Waals surface area contributed by atoms with Gasteiger partial charge in [-0.1, -0.05) is 18.2 Å². The second kappa shape index (κ2) is 5.70. The largest absolute Gasteiger partial charge is 0.416 e. The topological polar surface area (TPSA) is 29.0 Å². The second-order valence-electron chi connectivity index (χ2n) is 4.94. The summed E-state index contributed by atoms with van der Waals surface area (Å²) in [5.41, 5.74) is 0.217. The van der Waals surface area contributed by atoms with Crippen LogP contribution >= 0.6 is 11.6 Å². The summed E-state index contributed by atoms with van der Waals surface area (Å²) in [6, 6.07) is 12.7. The SMILES string of the molecule is CN(c1ccccc1)c1nc(Cl)nc2cc(C(F)(F)F)ccc12. The predicted octanol–water partition coefficient (Wildman–Crippen LogP) is 5.07. The van der Waals surface area contributed by atoms with E-state index in [1.54, 1.807) is 11.9 Å². The highest BCUT2D eigenvalue weighted by Crippen LogP contribution is 2.34. The molecule has 0 N–H and O–H groups in total. The maximum absolute atomic E-state index is 12.9. The van der Waals surface area contributed by atoms with Gasteiger partial charge in [-0.3, -0.25) is 0 Å². The first-order chi connectivity index (χ1) is 10.9. The van der Waals surface area contributed by atoms with Crippen LogP contribution in [0.3, 0.4) is 0 Å². The first kappa shape index (κ1) is 15.6. The van der Waals surface area contributed by atoms with Crippen molar-refractivity contribution in [2.75, 3.05) is 11.9 Å². The molecule has 0 spiro atoms. The van der Waals surface area contributed by atoms with E-state index in [1.807, 2.05) is 30.3 Å². The lowest BCUT2D eigenvalue weighted by Gasteiger charge is -2.20. The fourth-order valence-electron chi connectivity index (χ4n) is 2.29. The van der Waals surface area contributed by atoms with Crippen LogP contribution in [-0.2, 0) is 6.18 Å². The van der Waals surface area contributed by atoms with Crippen molar-refractivity contribution in [1.29, 1.82) is 0 Å². The van der Waals surface area contributed by atoms with Gasteiger partial charge in [-0.2, -0.15) is 18.2 Å². The molecular formula is C16H11ClF3N3. The van der Waals surface area contributed by atoms with Crippen LogP contribution in [-0.4, -0.2) is 17.0 Å². The molecule has 0 atom stereocenters. The van der Waals surface area contributed by atoms with E-state index in [0.29, 0.717) is 11.2 Å². The zero-order valence-electron chi connectivity index (χ0n) is 12.0. The van der Waals surface area contributed by atoms with E-state index in [9.17, 15) is 13.2 Å². The highest BCUT2D eigenvalue weighted by atomic mass is 35.5. The minimum atomic E-state index is -4.43. The summed E-state index contributed by atoms with van der Waals surface area (Å²) >= 11 is 5.89. The number of fused-ring (bicyclic) bond motifs is 1. The van der Waals surface area contributed by atoms with Gasteiger partial charge in [-0.25, -0.2) is 4.98 Å². The molecule has 3 nitrogen and oxygen atoms in total. The molecule has 0 bridgehead atoms. The molecule has 3 aromatic rings. The Morgan fingerprint density at radius 1 is 1.00 bits per heavy atom. The molecule has 7 heteroatoms. The van der Waals surface area contributed by atoms with Gasteiger partial charge < -0.3 is 4.90 Å². The van der Waals surface area contributed by atoms with Gasteiger partial charge in [-0.05, 0) is 41.9 Å². The molecule has 0 fully saturated rings. The molecule has 0 amide bonds. The molecule has 3 rings (SSSR count). The molecule has 0 aliphatic heterocycles. The molecule has 0 saturated carbocycles. The molecule has 2 aromatic carbocycles. The summed E-state index contributed by atoms with van der Waals surface area (Å²) in [5.74, 6) is 0.444. The molecule has 0 aliphatic rings. The zero-order valence-corrected chi connectivity index (χ0v) is 12.7. The third-order valence-corrected chi connectivity index (χ3v) is 3.61. The maximum Gasteiger partial charge on any atom is 0.416 e. The Morgan fingerprint density at radius 3 is 2.35 bits per heavy atom. The molecule has 23 heavy (non-hydrogen) atoms. The normalized spacial score (nSPS) is 11.7. The number of nitrogens with zero attached hydrogens (tertiary/aromatic N) is 3. The van der Waals surface area contributed by atoms with Crippen molar-refractivity contribution in [3.63, 3.8) is 0 Å². The van der Waals surface area contributed by atoms with Crippen molar-refractivity contribution in [3.8, 4) is 0 Å². The number of hydrogen-bond donors (Lipinski definition) is 0. The zero-order chi connectivity index (χ0) is 16.6. The standard InChI is InChI=1S/C16H11ClF3N3/c1-23(11-5-3-2-4-6-11)14-12-8-7-10(16(18,19)20)9-13(12)21-15(17)22-14/h2-9H,1H3. The van der Waals surface area contributed by atoms with Crippen LogP contribution in [0.2, 0.25) is 5.28 Å². The van der Waals surface area contributed by atoms with Crippen molar-refractivity contribution >= 4 is 34.0 Å². The number of para-hydroxylation sites is 1. The Bertz CT molecular complexity index is 850. The van der Waals surface area contributed by atoms with Crippen molar-refractivity contribution in [1.82, 2.24) is 9.97 Å². The highest BCUT2D eigenvalue weighted by molar-refractivity contribution is 6.28. The lowest BCUT2D eigenvalue weighted by Crippen LogP contribution is -2.12. The fraction of sp³-hybridized carbons (Fsp3) is 0.125. The van der Waals surface area contributed by atoms with Gasteiger partial charge in [0.25, 0.3) is 0 Å². The molecule has 0 unspecified atom stereocenters. The summed E-state index contributed by atoms with van der Waals surface area (Å²) < 4.78 is 38.6. The Morgan fingerprint density at radius 2 is 1.70 bits per heavy atom. The number of halogens is 4. The van der Waals surface area contributed by atoms with Crippen LogP contribution in [0.15, 0.2) is 48.5 Å². The van der Waals surface area contributed by atoms with E-state index < -0.39 is 11.7 Å². The third-order valence-electron chi connectivity index (χ3n) is 3.44. The Balaban J connectivity index is 2.18. The summed E-state index contributed by atoms with van der Waals surface area (Å²) in [6.07, 6.45) is -4.43. The quantitative estimate of drug-likeness (QED) is 0.611. The highest BCUT2D eigenvalue weighted by Gasteiger charge is 2.31. The van der Waals surface area contributed by atoms with Crippen LogP contribution in [0.4, 0.5) is 24.7 Å². The van der Waals surface area contributed by atoms with E-state index in [2.05, 4.69) is 9.97 Å². The van der Waals surface area contributed by atoms with Gasteiger partial charge >= 0.3 is 6.18 Å². The van der Waals surface area contributed by atoms with Crippen LogP contribution in [0, 0.1) is 0 Å². The Hall–Kier alpha value is -2.34. The first-order valence-corrected chi connectivity index (χ1v) is 7.07. The maximum atomic E-state index is 12.9. The van der Waals surface area contributed by atoms with Crippen molar-refractivity contribution < 1.29 is 13.2 Å². The molecule has 1 heterocycles. The van der Waals surface area contributed by atoms with Crippen LogP contribution in [0.25, 0.3) is 10.9 Å². The molecule has 0 aliphatic carbocycles. The summed E-state index contributed by atoms with van der Waals surface area (Å²) in [6.45, 7) is 0. The van der Waals surface area contributed by atoms with E-state index in [4.69, 9.17) is 11.6 Å². The monoisotopic (exact) mass is 337 g/mol. The van der Waals surface area contributed by atoms with E-state index in [-0.39, 0.29) is 10.8 Å². The summed E-state index contributed by atoms with van der Waals surface area (Å²) in [7, 11) is 1.77. The number of benzene rings is 2. The van der Waals surface area contributed by atoms with E-state index in [1.165, 1.54) is 6.07 Å². The second-order valence-corrected chi connectivity index (χ2v) is 5.28. The molecular weight excluding hydrogens is 327 g/mol. The van der Waals surface area contributed by atoms with Gasteiger partial charge in [0.15, 0.2) is 0 Å². The van der Waals surface area contributed by atoms with Gasteiger partial charge in [0.1, 0.15) is 5.82 Å². The fourth-order valence-corrected chi connectivity index (χ4v) is 2.46. The lowest BCUT2D eigenvalue weighted by molar-refractivity contribution is -0.137. The number of hydrogen-bond acceptors (Lipinski definition) is 3. The Labute approximate surface area is 135 Å². The van der Waals surface area contributed by atoms with E-state index in [0.717, 1.165) is 17.8 Å². The van der Waals surface area contributed by atoms with Crippen LogP contribution in [0.1, 0.15) is 5.56 Å². The minimum Gasteiger partial charge on any atom is -0.329 e.